The minimum atomic E-state index is -3.90. The number of hydrogen-bond donors (Lipinski definition) is 0. The molecule has 1 heterocycles. The Balaban J connectivity index is 2.22. The summed E-state index contributed by atoms with van der Waals surface area (Å²) in [6, 6.07) is 0. The maximum Gasteiger partial charge on any atom is 0.323 e. The average Bonchev–Trinajstić information content (AvgIpc) is 2.45. The molecular weight excluding hydrogens is 238 g/mol. The summed E-state index contributed by atoms with van der Waals surface area (Å²) in [6.07, 6.45) is 3.88. The molecule has 0 spiro atoms. The lowest BCUT2D eigenvalue weighted by Crippen LogP contribution is -2.33. The summed E-state index contributed by atoms with van der Waals surface area (Å²) in [5.41, 5.74) is 2.38. The molecule has 0 unspecified atom stereocenters. The fraction of sp³-hybridized carbons (Fsp3) is 0.667. The van der Waals surface area contributed by atoms with Crippen LogP contribution in [0.2, 0.25) is 0 Å². The van der Waals surface area contributed by atoms with E-state index in [-0.39, 0.29) is 13.0 Å². The zero-order valence-electron chi connectivity index (χ0n) is 8.20. The van der Waals surface area contributed by atoms with Crippen LogP contribution in [0.1, 0.15) is 32.1 Å². The summed E-state index contributed by atoms with van der Waals surface area (Å²) in [6.45, 7) is 0.198. The molecule has 0 bridgehead atoms. The van der Waals surface area contributed by atoms with Crippen LogP contribution in [-0.2, 0) is 14.0 Å². The van der Waals surface area contributed by atoms with Crippen molar-refractivity contribution in [2.24, 2.45) is 0 Å². The largest absolute Gasteiger partial charge is 0.323 e. The molecule has 15 heavy (non-hydrogen) atoms. The predicted octanol–water partition coefficient (Wildman–Crippen LogP) is 1.57. The van der Waals surface area contributed by atoms with Gasteiger partial charge >= 0.3 is 9.24 Å². The van der Waals surface area contributed by atoms with Crippen LogP contribution in [0, 0.1) is 0 Å². The molecule has 2 aliphatic rings. The molecule has 4 nitrogen and oxygen atoms in total. The van der Waals surface area contributed by atoms with Crippen molar-refractivity contribution in [2.45, 2.75) is 32.1 Å². The fourth-order valence-corrected chi connectivity index (χ4v) is 3.30. The normalized spacial score (nSPS) is 23.0. The van der Waals surface area contributed by atoms with Gasteiger partial charge in [-0.05, 0) is 25.7 Å². The number of halogens is 1. The van der Waals surface area contributed by atoms with Crippen LogP contribution in [-0.4, -0.2) is 25.2 Å². The number of carbonyl (C=O) groups excluding carboxylic acids is 1. The van der Waals surface area contributed by atoms with Crippen molar-refractivity contribution in [3.63, 3.8) is 0 Å². The first kappa shape index (κ1) is 11.0. The SMILES string of the molecule is O=C1CC2=C(CCC2)CCN1S(=O)(=O)Cl. The number of amides is 1. The Kier molecular flexibility index (Phi) is 2.77. The standard InChI is InChI=1S/C9H12ClNO3S/c10-15(13,14)11-5-4-7-2-1-3-8(7)6-9(11)12/h1-6H2. The summed E-state index contributed by atoms with van der Waals surface area (Å²) in [7, 11) is 1.29. The molecule has 0 radical (unpaired) electrons. The highest BCUT2D eigenvalue weighted by Crippen LogP contribution is 2.34. The van der Waals surface area contributed by atoms with Gasteiger partial charge in [-0.2, -0.15) is 8.42 Å². The van der Waals surface area contributed by atoms with Gasteiger partial charge in [0, 0.05) is 23.6 Å². The number of rotatable bonds is 1. The fourth-order valence-electron chi connectivity index (χ4n) is 2.25. The van der Waals surface area contributed by atoms with Crippen LogP contribution in [0.15, 0.2) is 11.1 Å². The first-order valence-electron chi connectivity index (χ1n) is 4.93. The summed E-state index contributed by atoms with van der Waals surface area (Å²) in [5.74, 6) is -0.392. The maximum absolute atomic E-state index is 11.6. The molecule has 6 heteroatoms. The maximum atomic E-state index is 11.6. The molecule has 0 fully saturated rings. The van der Waals surface area contributed by atoms with E-state index in [2.05, 4.69) is 0 Å². The highest BCUT2D eigenvalue weighted by molar-refractivity contribution is 8.12. The first-order chi connectivity index (χ1) is 6.98. The summed E-state index contributed by atoms with van der Waals surface area (Å²) in [5, 5.41) is 0. The predicted molar refractivity (Wildman–Crippen MR) is 56.6 cm³/mol. The van der Waals surface area contributed by atoms with Crippen molar-refractivity contribution in [1.29, 1.82) is 0 Å². The zero-order chi connectivity index (χ0) is 11.1. The van der Waals surface area contributed by atoms with Gasteiger partial charge in [0.15, 0.2) is 0 Å². The van der Waals surface area contributed by atoms with E-state index < -0.39 is 15.1 Å². The van der Waals surface area contributed by atoms with E-state index in [1.54, 1.807) is 0 Å². The van der Waals surface area contributed by atoms with Gasteiger partial charge < -0.3 is 0 Å². The van der Waals surface area contributed by atoms with Crippen molar-refractivity contribution in [3.05, 3.63) is 11.1 Å². The molecule has 1 aliphatic carbocycles. The summed E-state index contributed by atoms with van der Waals surface area (Å²) >= 11 is 0. The van der Waals surface area contributed by atoms with Crippen LogP contribution >= 0.6 is 10.7 Å². The molecule has 0 saturated heterocycles. The van der Waals surface area contributed by atoms with E-state index >= 15 is 0 Å². The lowest BCUT2D eigenvalue weighted by atomic mass is 10.1. The molecule has 0 aromatic carbocycles. The van der Waals surface area contributed by atoms with Crippen molar-refractivity contribution < 1.29 is 13.2 Å². The molecule has 2 rings (SSSR count). The van der Waals surface area contributed by atoms with E-state index in [4.69, 9.17) is 10.7 Å². The Morgan fingerprint density at radius 1 is 1.13 bits per heavy atom. The molecule has 0 N–H and O–H groups in total. The van der Waals surface area contributed by atoms with Gasteiger partial charge in [-0.1, -0.05) is 11.1 Å². The number of nitrogens with zero attached hydrogens (tertiary/aromatic N) is 1. The topological polar surface area (TPSA) is 54.5 Å². The molecule has 1 amide bonds. The highest BCUT2D eigenvalue weighted by Gasteiger charge is 2.30. The smallest absolute Gasteiger partial charge is 0.273 e. The second-order valence-corrected chi connectivity index (χ2v) is 6.33. The Morgan fingerprint density at radius 3 is 2.47 bits per heavy atom. The minimum absolute atomic E-state index is 0.198. The van der Waals surface area contributed by atoms with Gasteiger partial charge in [-0.25, -0.2) is 4.31 Å². The van der Waals surface area contributed by atoms with Crippen molar-refractivity contribution in [3.8, 4) is 0 Å². The van der Waals surface area contributed by atoms with Gasteiger partial charge in [0.2, 0.25) is 5.91 Å². The second kappa shape index (κ2) is 3.79. The van der Waals surface area contributed by atoms with Gasteiger partial charge in [-0.15, -0.1) is 0 Å². The molecule has 1 aliphatic heterocycles. The lowest BCUT2D eigenvalue weighted by molar-refractivity contribution is -0.125. The van der Waals surface area contributed by atoms with E-state index in [0.29, 0.717) is 6.42 Å². The van der Waals surface area contributed by atoms with Crippen LogP contribution in [0.25, 0.3) is 0 Å². The Labute approximate surface area is 93.4 Å². The van der Waals surface area contributed by atoms with Crippen molar-refractivity contribution in [1.82, 2.24) is 4.31 Å². The van der Waals surface area contributed by atoms with E-state index in [9.17, 15) is 13.2 Å². The van der Waals surface area contributed by atoms with Gasteiger partial charge in [0.25, 0.3) is 0 Å². The Bertz CT molecular complexity index is 427. The Hall–Kier alpha value is -0.550. The zero-order valence-corrected chi connectivity index (χ0v) is 9.77. The third-order valence-electron chi connectivity index (χ3n) is 2.98. The molecule has 84 valence electrons. The minimum Gasteiger partial charge on any atom is -0.273 e. The third-order valence-corrected chi connectivity index (χ3v) is 4.39. The third kappa shape index (κ3) is 2.18. The molecular formula is C9H12ClNO3S. The lowest BCUT2D eigenvalue weighted by Gasteiger charge is -2.16. The summed E-state index contributed by atoms with van der Waals surface area (Å²) in [4.78, 5) is 11.6. The quantitative estimate of drug-likeness (QED) is 0.524. The van der Waals surface area contributed by atoms with E-state index in [1.807, 2.05) is 0 Å². The van der Waals surface area contributed by atoms with Crippen molar-refractivity contribution >= 4 is 25.8 Å². The van der Waals surface area contributed by atoms with Crippen molar-refractivity contribution in [2.75, 3.05) is 6.54 Å². The van der Waals surface area contributed by atoms with Crippen LogP contribution in [0.3, 0.4) is 0 Å². The molecule has 0 aromatic rings. The number of hydrogen-bond acceptors (Lipinski definition) is 3. The Morgan fingerprint density at radius 2 is 1.80 bits per heavy atom. The molecule has 0 aromatic heterocycles. The van der Waals surface area contributed by atoms with Crippen LogP contribution in [0.5, 0.6) is 0 Å². The van der Waals surface area contributed by atoms with E-state index in [0.717, 1.165) is 29.1 Å². The van der Waals surface area contributed by atoms with E-state index in [1.165, 1.54) is 5.57 Å². The summed E-state index contributed by atoms with van der Waals surface area (Å²) < 4.78 is 23.0. The van der Waals surface area contributed by atoms with Gasteiger partial charge in [-0.3, -0.25) is 4.79 Å². The molecule has 0 saturated carbocycles. The monoisotopic (exact) mass is 249 g/mol. The number of carbonyl (C=O) groups is 1. The van der Waals surface area contributed by atoms with Gasteiger partial charge in [0.1, 0.15) is 0 Å². The first-order valence-corrected chi connectivity index (χ1v) is 7.20. The second-order valence-electron chi connectivity index (χ2n) is 3.90. The average molecular weight is 250 g/mol. The highest BCUT2D eigenvalue weighted by atomic mass is 35.7. The molecule has 0 atom stereocenters. The van der Waals surface area contributed by atoms with Gasteiger partial charge in [0.05, 0.1) is 0 Å². The van der Waals surface area contributed by atoms with Crippen LogP contribution in [0.4, 0.5) is 0 Å². The van der Waals surface area contributed by atoms with Crippen LogP contribution < -0.4 is 0 Å².